The normalized spacial score (nSPS) is 12.4. The molecule has 5 heteroatoms. The molecule has 5 N–H and O–H groups in total. The maximum atomic E-state index is 11.4. The monoisotopic (exact) mass is 257 g/mol. The van der Waals surface area contributed by atoms with Crippen LogP contribution in [0.5, 0.6) is 0 Å². The van der Waals surface area contributed by atoms with E-state index in [1.165, 1.54) is 19.3 Å². The lowest BCUT2D eigenvalue weighted by atomic mass is 10.0. The lowest BCUT2D eigenvalue weighted by Gasteiger charge is -2.10. The van der Waals surface area contributed by atoms with Gasteiger partial charge < -0.3 is 16.8 Å². The van der Waals surface area contributed by atoms with E-state index in [4.69, 9.17) is 11.5 Å². The number of hydrogen-bond donors (Lipinski definition) is 3. The lowest BCUT2D eigenvalue weighted by molar-refractivity contribution is -0.126. The van der Waals surface area contributed by atoms with Gasteiger partial charge in [-0.2, -0.15) is 0 Å². The Morgan fingerprint density at radius 2 is 1.72 bits per heavy atom. The van der Waals surface area contributed by atoms with Crippen molar-refractivity contribution in [3.05, 3.63) is 0 Å². The molecule has 5 nitrogen and oxygen atoms in total. The molecular formula is C13H27N3O2. The second kappa shape index (κ2) is 9.88. The second-order valence-corrected chi connectivity index (χ2v) is 5.16. The summed E-state index contributed by atoms with van der Waals surface area (Å²) in [4.78, 5) is 22.0. The summed E-state index contributed by atoms with van der Waals surface area (Å²) >= 11 is 0. The van der Waals surface area contributed by atoms with Crippen LogP contribution < -0.4 is 16.8 Å². The fourth-order valence-electron chi connectivity index (χ4n) is 1.68. The van der Waals surface area contributed by atoms with Gasteiger partial charge in [0.15, 0.2) is 0 Å². The number of carbonyl (C=O) groups is 2. The average Bonchev–Trinajstić information content (AvgIpc) is 2.26. The highest BCUT2D eigenvalue weighted by Crippen LogP contribution is 2.08. The van der Waals surface area contributed by atoms with Gasteiger partial charge in [0.05, 0.1) is 12.5 Å². The third-order valence-corrected chi connectivity index (χ3v) is 2.77. The molecule has 0 aliphatic rings. The Hall–Kier alpha value is -1.10. The summed E-state index contributed by atoms with van der Waals surface area (Å²) in [5.41, 5.74) is 10.5. The van der Waals surface area contributed by atoms with Crippen LogP contribution in [0.15, 0.2) is 0 Å². The van der Waals surface area contributed by atoms with Crippen LogP contribution in [0.1, 0.15) is 52.4 Å². The quantitative estimate of drug-likeness (QED) is 0.507. The zero-order valence-electron chi connectivity index (χ0n) is 11.6. The molecule has 0 aliphatic carbocycles. The molecule has 1 unspecified atom stereocenters. The van der Waals surface area contributed by atoms with Gasteiger partial charge in [-0.25, -0.2) is 0 Å². The highest BCUT2D eigenvalue weighted by molar-refractivity contribution is 5.87. The minimum absolute atomic E-state index is 0.0970. The molecule has 18 heavy (non-hydrogen) atoms. The fraction of sp³-hybridized carbons (Fsp3) is 0.846. The van der Waals surface area contributed by atoms with Crippen molar-refractivity contribution in [3.63, 3.8) is 0 Å². The number of amides is 2. The fourth-order valence-corrected chi connectivity index (χ4v) is 1.68. The minimum atomic E-state index is -0.816. The summed E-state index contributed by atoms with van der Waals surface area (Å²) in [5.74, 6) is -0.0844. The van der Waals surface area contributed by atoms with Gasteiger partial charge in [-0.3, -0.25) is 9.59 Å². The summed E-state index contributed by atoms with van der Waals surface area (Å²) in [6, 6.07) is -0.816. The number of carbonyl (C=O) groups excluding carboxylic acids is 2. The Bertz CT molecular complexity index is 255. The van der Waals surface area contributed by atoms with Crippen molar-refractivity contribution in [3.8, 4) is 0 Å². The molecule has 0 aromatic heterocycles. The molecule has 106 valence electrons. The van der Waals surface area contributed by atoms with E-state index < -0.39 is 11.9 Å². The summed E-state index contributed by atoms with van der Waals surface area (Å²) in [5, 5.41) is 2.72. The molecule has 0 rings (SSSR count). The van der Waals surface area contributed by atoms with Crippen LogP contribution in [-0.4, -0.2) is 24.4 Å². The summed E-state index contributed by atoms with van der Waals surface area (Å²) in [6.07, 6.45) is 5.66. The van der Waals surface area contributed by atoms with Gasteiger partial charge >= 0.3 is 0 Å². The molecule has 0 bridgehead atoms. The average molecular weight is 257 g/mol. The van der Waals surface area contributed by atoms with Gasteiger partial charge in [0.25, 0.3) is 0 Å². The molecule has 0 aromatic rings. The highest BCUT2D eigenvalue weighted by Gasteiger charge is 2.14. The van der Waals surface area contributed by atoms with E-state index in [-0.39, 0.29) is 12.3 Å². The Kier molecular flexibility index (Phi) is 9.28. The molecule has 0 aliphatic heterocycles. The molecule has 0 heterocycles. The van der Waals surface area contributed by atoms with E-state index in [1.54, 1.807) is 0 Å². The maximum Gasteiger partial charge on any atom is 0.237 e. The first-order chi connectivity index (χ1) is 8.43. The second-order valence-electron chi connectivity index (χ2n) is 5.16. The molecule has 0 radical (unpaired) electrons. The van der Waals surface area contributed by atoms with Crippen LogP contribution in [0.2, 0.25) is 0 Å². The predicted octanol–water partition coefficient (Wildman–Crippen LogP) is 0.912. The SMILES string of the molecule is CC(C)CCCCCCNC(=O)C(N)CC(N)=O. The zero-order chi connectivity index (χ0) is 14.0. The Balaban J connectivity index is 3.43. The summed E-state index contributed by atoms with van der Waals surface area (Å²) in [7, 11) is 0. The van der Waals surface area contributed by atoms with E-state index in [0.29, 0.717) is 6.54 Å². The van der Waals surface area contributed by atoms with E-state index in [2.05, 4.69) is 19.2 Å². The van der Waals surface area contributed by atoms with Crippen molar-refractivity contribution in [2.24, 2.45) is 17.4 Å². The molecule has 0 spiro atoms. The van der Waals surface area contributed by atoms with E-state index in [9.17, 15) is 9.59 Å². The zero-order valence-corrected chi connectivity index (χ0v) is 11.6. The van der Waals surface area contributed by atoms with Crippen LogP contribution in [0.25, 0.3) is 0 Å². The number of primary amides is 1. The van der Waals surface area contributed by atoms with Crippen molar-refractivity contribution in [1.82, 2.24) is 5.32 Å². The summed E-state index contributed by atoms with van der Waals surface area (Å²) in [6.45, 7) is 5.06. The molecule has 0 saturated heterocycles. The smallest absolute Gasteiger partial charge is 0.237 e. The van der Waals surface area contributed by atoms with Gasteiger partial charge in [0.2, 0.25) is 11.8 Å². The Labute approximate surface area is 110 Å². The Morgan fingerprint density at radius 3 is 2.28 bits per heavy atom. The largest absolute Gasteiger partial charge is 0.370 e. The van der Waals surface area contributed by atoms with Gasteiger partial charge in [-0.1, -0.05) is 39.5 Å². The number of nitrogens with one attached hydrogen (secondary N) is 1. The van der Waals surface area contributed by atoms with Gasteiger partial charge in [0.1, 0.15) is 0 Å². The van der Waals surface area contributed by atoms with Crippen LogP contribution in [0.4, 0.5) is 0 Å². The number of nitrogens with two attached hydrogens (primary N) is 2. The maximum absolute atomic E-state index is 11.4. The van der Waals surface area contributed by atoms with Crippen molar-refractivity contribution in [2.45, 2.75) is 58.4 Å². The molecular weight excluding hydrogens is 230 g/mol. The molecule has 0 fully saturated rings. The first-order valence-electron chi connectivity index (χ1n) is 6.75. The minimum Gasteiger partial charge on any atom is -0.370 e. The third kappa shape index (κ3) is 10.1. The number of hydrogen-bond acceptors (Lipinski definition) is 3. The summed E-state index contributed by atoms with van der Waals surface area (Å²) < 4.78 is 0. The predicted molar refractivity (Wildman–Crippen MR) is 72.7 cm³/mol. The van der Waals surface area contributed by atoms with E-state index in [0.717, 1.165) is 18.8 Å². The van der Waals surface area contributed by atoms with Gasteiger partial charge in [-0.15, -0.1) is 0 Å². The first-order valence-corrected chi connectivity index (χ1v) is 6.75. The number of rotatable bonds is 10. The molecule has 2 amide bonds. The van der Waals surface area contributed by atoms with Crippen molar-refractivity contribution in [2.75, 3.05) is 6.54 Å². The number of unbranched alkanes of at least 4 members (excludes halogenated alkanes) is 3. The van der Waals surface area contributed by atoms with Crippen molar-refractivity contribution in [1.29, 1.82) is 0 Å². The van der Waals surface area contributed by atoms with Crippen LogP contribution in [0.3, 0.4) is 0 Å². The van der Waals surface area contributed by atoms with Crippen LogP contribution in [0, 0.1) is 5.92 Å². The van der Waals surface area contributed by atoms with Crippen LogP contribution in [-0.2, 0) is 9.59 Å². The first kappa shape index (κ1) is 16.9. The van der Waals surface area contributed by atoms with E-state index >= 15 is 0 Å². The van der Waals surface area contributed by atoms with E-state index in [1.807, 2.05) is 0 Å². The van der Waals surface area contributed by atoms with Gasteiger partial charge in [0, 0.05) is 6.54 Å². The van der Waals surface area contributed by atoms with Crippen LogP contribution >= 0.6 is 0 Å². The van der Waals surface area contributed by atoms with Crippen molar-refractivity contribution >= 4 is 11.8 Å². The third-order valence-electron chi connectivity index (χ3n) is 2.77. The molecule has 1 atom stereocenters. The lowest BCUT2D eigenvalue weighted by Crippen LogP contribution is -2.43. The molecule has 0 aromatic carbocycles. The standard InChI is InChI=1S/C13H27N3O2/c1-10(2)7-5-3-4-6-8-16-13(18)11(14)9-12(15)17/h10-11H,3-9,14H2,1-2H3,(H2,15,17)(H,16,18). The highest BCUT2D eigenvalue weighted by atomic mass is 16.2. The Morgan fingerprint density at radius 1 is 1.11 bits per heavy atom. The van der Waals surface area contributed by atoms with Gasteiger partial charge in [-0.05, 0) is 12.3 Å². The van der Waals surface area contributed by atoms with Crippen molar-refractivity contribution < 1.29 is 9.59 Å². The molecule has 0 saturated carbocycles. The topological polar surface area (TPSA) is 98.2 Å².